The Morgan fingerprint density at radius 1 is 1.47 bits per heavy atom. The van der Waals surface area contributed by atoms with Gasteiger partial charge in [0.1, 0.15) is 0 Å². The second-order valence-corrected chi connectivity index (χ2v) is 3.54. The van der Waals surface area contributed by atoms with Gasteiger partial charge in [-0.25, -0.2) is 4.79 Å². The van der Waals surface area contributed by atoms with Crippen LogP contribution in [0, 0.1) is 0 Å². The number of pyridine rings is 1. The normalized spacial score (nSPS) is 11.6. The second-order valence-electron chi connectivity index (χ2n) is 3.54. The van der Waals surface area contributed by atoms with Gasteiger partial charge >= 0.3 is 18.0 Å². The van der Waals surface area contributed by atoms with Gasteiger partial charge in [-0.1, -0.05) is 4.57 Å². The lowest BCUT2D eigenvalue weighted by atomic mass is 10.4. The van der Waals surface area contributed by atoms with Crippen molar-refractivity contribution in [2.75, 3.05) is 0 Å². The molecule has 0 aliphatic carbocycles. The molecule has 0 aliphatic rings. The minimum absolute atomic E-state index is 0.0950. The van der Waals surface area contributed by atoms with Crippen LogP contribution in [0.15, 0.2) is 18.3 Å². The third kappa shape index (κ3) is 3.08. The topological polar surface area (TPSA) is 50.4 Å². The highest BCUT2D eigenvalue weighted by Crippen LogP contribution is 2.23. The molecule has 0 bridgehead atoms. The molecule has 0 aromatic carbocycles. The summed E-state index contributed by atoms with van der Waals surface area (Å²) >= 11 is 0. The third-order valence-corrected chi connectivity index (χ3v) is 1.76. The van der Waals surface area contributed by atoms with Gasteiger partial charge in [-0.15, -0.1) is 0 Å². The fraction of sp³-hybridized carbons (Fsp3) is 0.400. The smallest absolute Gasteiger partial charge is 0.482 e. The van der Waals surface area contributed by atoms with Crippen LogP contribution in [-0.2, 0) is 0 Å². The predicted octanol–water partition coefficient (Wildman–Crippen LogP) is 1.67. The van der Waals surface area contributed by atoms with Gasteiger partial charge in [0.25, 0.3) is 0 Å². The number of ether oxygens (including phenoxy) is 1. The van der Waals surface area contributed by atoms with E-state index < -0.39 is 18.0 Å². The molecule has 17 heavy (non-hydrogen) atoms. The molecule has 0 amide bonds. The molecule has 0 saturated carbocycles. The van der Waals surface area contributed by atoms with E-state index in [4.69, 9.17) is 4.74 Å². The van der Waals surface area contributed by atoms with Gasteiger partial charge in [0.15, 0.2) is 6.20 Å². The number of carbonyl (C=O) groups excluding carboxylic acids is 1. The average Bonchev–Trinajstić information content (AvgIpc) is 2.18. The van der Waals surface area contributed by atoms with E-state index in [2.05, 4.69) is 0 Å². The van der Waals surface area contributed by atoms with E-state index >= 15 is 0 Å². The van der Waals surface area contributed by atoms with Crippen molar-refractivity contribution in [2.24, 2.45) is 0 Å². The summed E-state index contributed by atoms with van der Waals surface area (Å²) in [5.74, 6) is -3.23. The summed E-state index contributed by atoms with van der Waals surface area (Å²) in [5, 5.41) is 9.49. The first-order chi connectivity index (χ1) is 7.73. The molecule has 1 heterocycles. The maximum absolute atomic E-state index is 12.2. The third-order valence-electron chi connectivity index (χ3n) is 1.76. The molecule has 0 spiro atoms. The molecule has 1 aromatic heterocycles. The highest BCUT2D eigenvalue weighted by molar-refractivity contribution is 5.73. The lowest BCUT2D eigenvalue weighted by molar-refractivity contribution is -0.594. The van der Waals surface area contributed by atoms with Gasteiger partial charge in [-0.05, 0) is 19.9 Å². The molecule has 94 valence electrons. The predicted molar refractivity (Wildman–Crippen MR) is 50.7 cm³/mol. The number of alkyl halides is 3. The summed E-state index contributed by atoms with van der Waals surface area (Å²) in [5.41, 5.74) is 0. The van der Waals surface area contributed by atoms with Crippen LogP contribution in [0.3, 0.4) is 0 Å². The molecule has 1 rings (SSSR count). The van der Waals surface area contributed by atoms with Crippen LogP contribution < -0.4 is 9.30 Å². The number of nitrogens with zero attached hydrogens (tertiary/aromatic N) is 1. The van der Waals surface area contributed by atoms with Gasteiger partial charge in [-0.2, -0.15) is 13.2 Å². The van der Waals surface area contributed by atoms with E-state index in [1.54, 1.807) is 13.8 Å². The van der Waals surface area contributed by atoms with Crippen LogP contribution in [0.1, 0.15) is 18.6 Å². The van der Waals surface area contributed by atoms with Crippen molar-refractivity contribution < 1.29 is 32.4 Å². The van der Waals surface area contributed by atoms with E-state index in [0.717, 1.165) is 6.20 Å². The van der Waals surface area contributed by atoms with Crippen LogP contribution in [-0.4, -0.2) is 23.3 Å². The van der Waals surface area contributed by atoms with E-state index in [9.17, 15) is 23.1 Å². The van der Waals surface area contributed by atoms with Crippen molar-refractivity contribution >= 4 is 5.91 Å². The number of hydrogen-bond donors (Lipinski definition) is 1. The zero-order chi connectivity index (χ0) is 13.2. The molecular formula is C10H11F3NO3+. The Labute approximate surface area is 95.3 Å². The Morgan fingerprint density at radius 2 is 2.06 bits per heavy atom. The summed E-state index contributed by atoms with van der Waals surface area (Å²) in [6.07, 6.45) is -4.57. The summed E-state index contributed by atoms with van der Waals surface area (Å²) in [6, 6.07) is 2.45. The minimum atomic E-state index is -5.06. The van der Waals surface area contributed by atoms with Gasteiger partial charge in [0.05, 0.1) is 6.10 Å². The lowest BCUT2D eigenvalue weighted by Gasteiger charge is -2.09. The Balaban J connectivity index is 3.15. The van der Waals surface area contributed by atoms with Gasteiger partial charge < -0.3 is 9.84 Å². The number of rotatable bonds is 2. The average molecular weight is 250 g/mol. The van der Waals surface area contributed by atoms with Crippen molar-refractivity contribution in [1.82, 2.24) is 0 Å². The van der Waals surface area contributed by atoms with Gasteiger partial charge in [0.2, 0.25) is 5.75 Å². The fourth-order valence-electron chi connectivity index (χ4n) is 1.13. The first kappa shape index (κ1) is 13.3. The van der Waals surface area contributed by atoms with Crippen LogP contribution in [0.5, 0.6) is 11.6 Å². The molecule has 0 saturated heterocycles. The standard InChI is InChI=1S/C10H10F3NO3/c1-6(2)17-7-4-3-5-14(8(7)15)9(16)10(11,12)13/h3-6H,1-2H3/p+1. The zero-order valence-electron chi connectivity index (χ0n) is 9.15. The zero-order valence-corrected chi connectivity index (χ0v) is 9.15. The molecule has 0 radical (unpaired) electrons. The molecule has 0 unspecified atom stereocenters. The summed E-state index contributed by atoms with van der Waals surface area (Å²) in [4.78, 5) is 10.9. The van der Waals surface area contributed by atoms with E-state index in [0.29, 0.717) is 0 Å². The molecule has 0 atom stereocenters. The largest absolute Gasteiger partial charge is 0.521 e. The highest BCUT2D eigenvalue weighted by Gasteiger charge is 2.49. The van der Waals surface area contributed by atoms with Crippen LogP contribution in [0.2, 0.25) is 0 Å². The monoisotopic (exact) mass is 250 g/mol. The van der Waals surface area contributed by atoms with Crippen molar-refractivity contribution in [3.63, 3.8) is 0 Å². The van der Waals surface area contributed by atoms with Crippen molar-refractivity contribution in [1.29, 1.82) is 0 Å². The number of hydrogen-bond acceptors (Lipinski definition) is 3. The molecule has 7 heteroatoms. The molecule has 0 aliphatic heterocycles. The summed E-state index contributed by atoms with van der Waals surface area (Å²) in [6.45, 7) is 3.28. The molecular weight excluding hydrogens is 239 g/mol. The molecule has 1 aromatic rings. The SMILES string of the molecule is CC(C)Oc1ccc[n+](C(=O)C(F)(F)F)c1O. The second kappa shape index (κ2) is 4.60. The van der Waals surface area contributed by atoms with Crippen molar-refractivity contribution in [3.05, 3.63) is 18.3 Å². The Morgan fingerprint density at radius 3 is 2.53 bits per heavy atom. The maximum atomic E-state index is 12.2. The Hall–Kier alpha value is -1.79. The molecule has 1 N–H and O–H groups in total. The highest BCUT2D eigenvalue weighted by atomic mass is 19.4. The molecule has 4 nitrogen and oxygen atoms in total. The summed E-state index contributed by atoms with van der Waals surface area (Å²) in [7, 11) is 0. The van der Waals surface area contributed by atoms with E-state index in [-0.39, 0.29) is 16.4 Å². The first-order valence-corrected chi connectivity index (χ1v) is 4.75. The fourth-order valence-corrected chi connectivity index (χ4v) is 1.13. The quantitative estimate of drug-likeness (QED) is 0.812. The van der Waals surface area contributed by atoms with Gasteiger partial charge in [0, 0.05) is 6.07 Å². The first-order valence-electron chi connectivity index (χ1n) is 4.75. The van der Waals surface area contributed by atoms with Crippen molar-refractivity contribution in [3.8, 4) is 11.6 Å². The number of halogens is 3. The number of carbonyl (C=O) groups is 1. The van der Waals surface area contributed by atoms with Crippen molar-refractivity contribution in [2.45, 2.75) is 26.1 Å². The van der Waals surface area contributed by atoms with Gasteiger partial charge in [-0.3, -0.25) is 0 Å². The number of aromatic nitrogens is 1. The summed E-state index contributed by atoms with van der Waals surface area (Å²) < 4.78 is 41.7. The molecule has 0 fully saturated rings. The maximum Gasteiger partial charge on any atom is 0.521 e. The lowest BCUT2D eigenvalue weighted by Crippen LogP contribution is -2.50. The van der Waals surface area contributed by atoms with Crippen LogP contribution >= 0.6 is 0 Å². The Bertz CT molecular complexity index is 429. The van der Waals surface area contributed by atoms with E-state index in [1.807, 2.05) is 0 Å². The van der Waals surface area contributed by atoms with Crippen LogP contribution in [0.4, 0.5) is 13.2 Å². The Kier molecular flexibility index (Phi) is 3.59. The van der Waals surface area contributed by atoms with E-state index in [1.165, 1.54) is 12.1 Å². The number of aromatic hydroxyl groups is 1. The minimum Gasteiger partial charge on any atom is -0.482 e. The van der Waals surface area contributed by atoms with Crippen LogP contribution in [0.25, 0.3) is 0 Å².